The molecule has 0 atom stereocenters. The highest BCUT2D eigenvalue weighted by Gasteiger charge is 2.23. The monoisotopic (exact) mass is 518 g/mol. The van der Waals surface area contributed by atoms with Crippen molar-refractivity contribution in [2.45, 2.75) is 20.4 Å². The summed E-state index contributed by atoms with van der Waals surface area (Å²) < 4.78 is 18.9. The van der Waals surface area contributed by atoms with Crippen molar-refractivity contribution in [2.24, 2.45) is 0 Å². The molecule has 3 amide bonds. The Morgan fingerprint density at radius 3 is 2.21 bits per heavy atom. The van der Waals surface area contributed by atoms with Crippen molar-refractivity contribution < 1.29 is 18.7 Å². The minimum atomic E-state index is -0.297. The van der Waals surface area contributed by atoms with Gasteiger partial charge in [-0.25, -0.2) is 9.18 Å². The van der Waals surface area contributed by atoms with Gasteiger partial charge in [0.05, 0.1) is 6.61 Å². The molecular formula is C30H35FN4O3. The molecule has 200 valence electrons. The van der Waals surface area contributed by atoms with Crippen LogP contribution in [-0.2, 0) is 6.54 Å². The number of ether oxygens (including phenoxy) is 1. The van der Waals surface area contributed by atoms with Gasteiger partial charge in [0.1, 0.15) is 11.6 Å². The van der Waals surface area contributed by atoms with Gasteiger partial charge in [0.25, 0.3) is 5.91 Å². The molecule has 1 heterocycles. The zero-order valence-electron chi connectivity index (χ0n) is 22.0. The van der Waals surface area contributed by atoms with Gasteiger partial charge in [-0.3, -0.25) is 9.69 Å². The molecule has 4 rings (SSSR count). The first kappa shape index (κ1) is 27.1. The first-order valence-electron chi connectivity index (χ1n) is 13.0. The molecule has 1 aliphatic heterocycles. The minimum Gasteiger partial charge on any atom is -0.494 e. The number of piperazine rings is 1. The van der Waals surface area contributed by atoms with Crippen molar-refractivity contribution in [1.29, 1.82) is 0 Å². The van der Waals surface area contributed by atoms with Gasteiger partial charge in [-0.1, -0.05) is 29.8 Å². The molecule has 1 N–H and O–H groups in total. The van der Waals surface area contributed by atoms with E-state index < -0.39 is 0 Å². The normalized spacial score (nSPS) is 13.7. The molecule has 0 saturated carbocycles. The Hall–Kier alpha value is -3.91. The molecule has 1 aliphatic rings. The third-order valence-electron chi connectivity index (χ3n) is 6.63. The van der Waals surface area contributed by atoms with Gasteiger partial charge in [-0.05, 0) is 67.9 Å². The second-order valence-corrected chi connectivity index (χ2v) is 9.44. The maximum Gasteiger partial charge on any atom is 0.321 e. The van der Waals surface area contributed by atoms with E-state index in [0.717, 1.165) is 35.7 Å². The van der Waals surface area contributed by atoms with E-state index in [-0.39, 0.29) is 17.8 Å². The van der Waals surface area contributed by atoms with Gasteiger partial charge in [-0.2, -0.15) is 0 Å². The average molecular weight is 519 g/mol. The van der Waals surface area contributed by atoms with Crippen molar-refractivity contribution in [3.8, 4) is 5.75 Å². The topological polar surface area (TPSA) is 65.1 Å². The second kappa shape index (κ2) is 13.1. The van der Waals surface area contributed by atoms with Crippen molar-refractivity contribution in [3.05, 3.63) is 95.3 Å². The maximum absolute atomic E-state index is 13.4. The number of rotatable bonds is 9. The number of urea groups is 1. The Morgan fingerprint density at radius 1 is 0.921 bits per heavy atom. The van der Waals surface area contributed by atoms with Crippen molar-refractivity contribution in [2.75, 3.05) is 51.2 Å². The summed E-state index contributed by atoms with van der Waals surface area (Å²) in [6, 6.07) is 21.0. The molecule has 0 unspecified atom stereocenters. The Balaban J connectivity index is 1.31. The van der Waals surface area contributed by atoms with Gasteiger partial charge in [0, 0.05) is 57.1 Å². The number of aryl methyl sites for hydroxylation is 1. The molecule has 7 nitrogen and oxygen atoms in total. The van der Waals surface area contributed by atoms with Crippen LogP contribution in [0.25, 0.3) is 0 Å². The number of nitrogens with zero attached hydrogens (tertiary/aromatic N) is 3. The molecule has 38 heavy (non-hydrogen) atoms. The first-order valence-corrected chi connectivity index (χ1v) is 13.0. The SMILES string of the molecule is CCOc1ccc(NC(=O)N2CCN(CCN(Cc3ccc(F)cc3)C(=O)c3ccc(C)cc3)CC2)cc1. The number of carbonyl (C=O) groups is 2. The largest absolute Gasteiger partial charge is 0.494 e. The first-order chi connectivity index (χ1) is 18.4. The third-order valence-corrected chi connectivity index (χ3v) is 6.63. The zero-order chi connectivity index (χ0) is 26.9. The molecule has 8 heteroatoms. The fraction of sp³-hybridized carbons (Fsp3) is 0.333. The van der Waals surface area contributed by atoms with Crippen LogP contribution in [0.2, 0.25) is 0 Å². The number of anilines is 1. The van der Waals surface area contributed by atoms with Crippen LogP contribution in [0.1, 0.15) is 28.4 Å². The number of hydrogen-bond donors (Lipinski definition) is 1. The van der Waals surface area contributed by atoms with Gasteiger partial charge in [0.2, 0.25) is 0 Å². The lowest BCUT2D eigenvalue weighted by Gasteiger charge is -2.36. The zero-order valence-corrected chi connectivity index (χ0v) is 22.0. The van der Waals surface area contributed by atoms with E-state index in [9.17, 15) is 14.0 Å². The summed E-state index contributed by atoms with van der Waals surface area (Å²) in [6.07, 6.45) is 0. The number of halogens is 1. The van der Waals surface area contributed by atoms with E-state index in [2.05, 4.69) is 10.2 Å². The van der Waals surface area contributed by atoms with Crippen LogP contribution in [-0.4, -0.2) is 72.5 Å². The predicted molar refractivity (Wildman–Crippen MR) is 147 cm³/mol. The van der Waals surface area contributed by atoms with Gasteiger partial charge < -0.3 is 19.9 Å². The Bertz CT molecular complexity index is 1190. The van der Waals surface area contributed by atoms with Crippen LogP contribution in [0.4, 0.5) is 14.9 Å². The van der Waals surface area contributed by atoms with E-state index in [1.165, 1.54) is 12.1 Å². The van der Waals surface area contributed by atoms with Crippen molar-refractivity contribution >= 4 is 17.6 Å². The summed E-state index contributed by atoms with van der Waals surface area (Å²) in [5.74, 6) is 0.422. The Labute approximate surface area is 223 Å². The van der Waals surface area contributed by atoms with E-state index in [0.29, 0.717) is 44.9 Å². The summed E-state index contributed by atoms with van der Waals surface area (Å²) >= 11 is 0. The van der Waals surface area contributed by atoms with Crippen molar-refractivity contribution in [1.82, 2.24) is 14.7 Å². The third kappa shape index (κ3) is 7.55. The molecule has 3 aromatic rings. The smallest absolute Gasteiger partial charge is 0.321 e. The number of nitrogens with one attached hydrogen (secondary N) is 1. The van der Waals surface area contributed by atoms with Crippen LogP contribution >= 0.6 is 0 Å². The quantitative estimate of drug-likeness (QED) is 0.432. The standard InChI is InChI=1S/C30H35FN4O3/c1-3-38-28-14-12-27(13-15-28)32-30(37)34-19-16-33(17-20-34)18-21-35(22-24-6-10-26(31)11-7-24)29(36)25-8-4-23(2)5-9-25/h4-15H,3,16-22H2,1-2H3,(H,32,37). The van der Waals surface area contributed by atoms with Crippen LogP contribution in [0.3, 0.4) is 0 Å². The second-order valence-electron chi connectivity index (χ2n) is 9.44. The lowest BCUT2D eigenvalue weighted by atomic mass is 10.1. The van der Waals surface area contributed by atoms with E-state index >= 15 is 0 Å². The van der Waals surface area contributed by atoms with Crippen LogP contribution in [0.5, 0.6) is 5.75 Å². The summed E-state index contributed by atoms with van der Waals surface area (Å²) in [7, 11) is 0. The lowest BCUT2D eigenvalue weighted by molar-refractivity contribution is 0.0704. The minimum absolute atomic E-state index is 0.0531. The molecule has 0 radical (unpaired) electrons. The van der Waals surface area contributed by atoms with Crippen molar-refractivity contribution in [3.63, 3.8) is 0 Å². The Kier molecular flexibility index (Phi) is 9.32. The Morgan fingerprint density at radius 2 is 1.58 bits per heavy atom. The van der Waals surface area contributed by atoms with Gasteiger partial charge in [-0.15, -0.1) is 0 Å². The van der Waals surface area contributed by atoms with E-state index in [4.69, 9.17) is 4.74 Å². The molecule has 0 aliphatic carbocycles. The van der Waals surface area contributed by atoms with E-state index in [1.54, 1.807) is 17.0 Å². The average Bonchev–Trinajstić information content (AvgIpc) is 2.93. The highest BCUT2D eigenvalue weighted by Crippen LogP contribution is 2.17. The van der Waals surface area contributed by atoms with Gasteiger partial charge in [0.15, 0.2) is 0 Å². The summed E-state index contributed by atoms with van der Waals surface area (Å²) in [5, 5.41) is 2.95. The fourth-order valence-electron chi connectivity index (χ4n) is 4.38. The molecule has 0 bridgehead atoms. The molecule has 1 saturated heterocycles. The number of carbonyl (C=O) groups excluding carboxylic acids is 2. The van der Waals surface area contributed by atoms with Crippen LogP contribution in [0.15, 0.2) is 72.8 Å². The lowest BCUT2D eigenvalue weighted by Crippen LogP contribution is -2.51. The van der Waals surface area contributed by atoms with Crippen LogP contribution in [0, 0.1) is 12.7 Å². The number of amides is 3. The number of benzene rings is 3. The maximum atomic E-state index is 13.4. The predicted octanol–water partition coefficient (Wildman–Crippen LogP) is 5.02. The summed E-state index contributed by atoms with van der Waals surface area (Å²) in [5.41, 5.74) is 3.33. The molecule has 0 spiro atoms. The van der Waals surface area contributed by atoms with Crippen LogP contribution < -0.4 is 10.1 Å². The summed E-state index contributed by atoms with van der Waals surface area (Å²) in [4.78, 5) is 31.9. The molecule has 3 aromatic carbocycles. The molecule has 1 fully saturated rings. The highest BCUT2D eigenvalue weighted by molar-refractivity contribution is 5.94. The molecular weight excluding hydrogens is 483 g/mol. The number of hydrogen-bond acceptors (Lipinski definition) is 4. The van der Waals surface area contributed by atoms with E-state index in [1.807, 2.05) is 67.3 Å². The summed E-state index contributed by atoms with van der Waals surface area (Å²) in [6.45, 7) is 8.79. The molecule has 0 aromatic heterocycles. The van der Waals surface area contributed by atoms with Gasteiger partial charge >= 0.3 is 6.03 Å². The highest BCUT2D eigenvalue weighted by atomic mass is 19.1. The fourth-order valence-corrected chi connectivity index (χ4v) is 4.38.